The van der Waals surface area contributed by atoms with E-state index in [4.69, 9.17) is 17.3 Å². The molecule has 1 amide bonds. The third-order valence-corrected chi connectivity index (χ3v) is 3.02. The number of nitrogens with zero attached hydrogens (tertiary/aromatic N) is 2. The van der Waals surface area contributed by atoms with Crippen LogP contribution in [-0.2, 0) is 4.79 Å². The van der Waals surface area contributed by atoms with E-state index < -0.39 is 0 Å². The maximum Gasteiger partial charge on any atom is 0.247 e. The van der Waals surface area contributed by atoms with Gasteiger partial charge in [0.05, 0.1) is 5.25 Å². The Balaban J connectivity index is 2.81. The minimum Gasteiger partial charge on any atom is -0.383 e. The Labute approximate surface area is 97.2 Å². The summed E-state index contributed by atoms with van der Waals surface area (Å²) >= 11 is 1.18. The van der Waals surface area contributed by atoms with E-state index in [0.29, 0.717) is 11.6 Å². The Morgan fingerprint density at radius 3 is 2.50 bits per heavy atom. The van der Waals surface area contributed by atoms with Crippen molar-refractivity contribution in [3.8, 4) is 0 Å². The smallest absolute Gasteiger partial charge is 0.247 e. The van der Waals surface area contributed by atoms with Gasteiger partial charge in [0.2, 0.25) is 5.91 Å². The van der Waals surface area contributed by atoms with E-state index in [-0.39, 0.29) is 22.8 Å². The van der Waals surface area contributed by atoms with Crippen LogP contribution in [0.2, 0.25) is 0 Å². The van der Waals surface area contributed by atoms with E-state index in [1.807, 2.05) is 6.92 Å². The number of carbonyl (C=O) groups is 1. The number of nitrogens with one attached hydrogen (secondary N) is 1. The number of hydrogen-bond donors (Lipinski definition) is 4. The van der Waals surface area contributed by atoms with Gasteiger partial charge >= 0.3 is 0 Å². The third-order valence-electron chi connectivity index (χ3n) is 1.80. The fourth-order valence-corrected chi connectivity index (χ4v) is 1.97. The van der Waals surface area contributed by atoms with Crippen LogP contribution in [0.25, 0.3) is 0 Å². The van der Waals surface area contributed by atoms with Gasteiger partial charge in [-0.25, -0.2) is 15.8 Å². The van der Waals surface area contributed by atoms with Gasteiger partial charge in [0.1, 0.15) is 11.6 Å². The zero-order valence-electron chi connectivity index (χ0n) is 8.80. The average molecular weight is 242 g/mol. The molecule has 16 heavy (non-hydrogen) atoms. The number of nitrogens with two attached hydrogens (primary N) is 3. The molecule has 0 saturated heterocycles. The number of hydrogen-bond acceptors (Lipinski definition) is 7. The SMILES string of the molecule is CCC(Sc1nc(N)cc(N)n1)C(=O)NN. The van der Waals surface area contributed by atoms with Gasteiger partial charge in [-0.3, -0.25) is 10.2 Å². The second kappa shape index (κ2) is 5.52. The lowest BCUT2D eigenvalue weighted by molar-refractivity contribution is -0.120. The molecule has 0 aliphatic rings. The fraction of sp³-hybridized carbons (Fsp3) is 0.375. The molecule has 0 aliphatic heterocycles. The zero-order chi connectivity index (χ0) is 12.1. The molecule has 1 unspecified atom stereocenters. The predicted molar refractivity (Wildman–Crippen MR) is 63.1 cm³/mol. The van der Waals surface area contributed by atoms with Gasteiger partial charge in [-0.2, -0.15) is 0 Å². The molecule has 7 N–H and O–H groups in total. The molecule has 8 heteroatoms. The highest BCUT2D eigenvalue weighted by molar-refractivity contribution is 8.00. The van der Waals surface area contributed by atoms with Crippen LogP contribution in [0.4, 0.5) is 11.6 Å². The molecule has 0 bridgehead atoms. The Hall–Kier alpha value is -1.54. The summed E-state index contributed by atoms with van der Waals surface area (Å²) in [5, 5.41) is 0.0131. The summed E-state index contributed by atoms with van der Waals surface area (Å²) in [5.41, 5.74) is 13.1. The molecular weight excluding hydrogens is 228 g/mol. The van der Waals surface area contributed by atoms with Crippen molar-refractivity contribution in [2.75, 3.05) is 11.5 Å². The number of nitrogen functional groups attached to an aromatic ring is 2. The van der Waals surface area contributed by atoms with Crippen LogP contribution in [0.5, 0.6) is 0 Å². The van der Waals surface area contributed by atoms with Gasteiger partial charge in [0, 0.05) is 6.07 Å². The highest BCUT2D eigenvalue weighted by atomic mass is 32.2. The van der Waals surface area contributed by atoms with Crippen LogP contribution in [-0.4, -0.2) is 21.1 Å². The second-order valence-corrected chi connectivity index (χ2v) is 4.19. The molecule has 0 fully saturated rings. The predicted octanol–water partition coefficient (Wildman–Crippen LogP) is -0.498. The lowest BCUT2D eigenvalue weighted by atomic mass is 10.3. The van der Waals surface area contributed by atoms with Gasteiger partial charge < -0.3 is 11.5 Å². The first-order chi connectivity index (χ1) is 7.56. The summed E-state index contributed by atoms with van der Waals surface area (Å²) in [6.07, 6.45) is 0.603. The highest BCUT2D eigenvalue weighted by Crippen LogP contribution is 2.23. The molecule has 1 heterocycles. The van der Waals surface area contributed by atoms with Gasteiger partial charge in [-0.15, -0.1) is 0 Å². The monoisotopic (exact) mass is 242 g/mol. The number of rotatable bonds is 4. The molecule has 88 valence electrons. The zero-order valence-corrected chi connectivity index (χ0v) is 9.62. The van der Waals surface area contributed by atoms with Crippen LogP contribution in [0.15, 0.2) is 11.2 Å². The number of carbonyl (C=O) groups excluding carboxylic acids is 1. The van der Waals surface area contributed by atoms with Crippen molar-refractivity contribution in [3.63, 3.8) is 0 Å². The van der Waals surface area contributed by atoms with Crippen LogP contribution in [0.1, 0.15) is 13.3 Å². The Morgan fingerprint density at radius 1 is 1.50 bits per heavy atom. The van der Waals surface area contributed by atoms with Crippen molar-refractivity contribution < 1.29 is 4.79 Å². The minimum absolute atomic E-state index is 0.276. The summed E-state index contributed by atoms with van der Waals surface area (Å²) in [4.78, 5) is 19.3. The van der Waals surface area contributed by atoms with E-state index in [1.165, 1.54) is 17.8 Å². The summed E-state index contributed by atoms with van der Waals surface area (Å²) < 4.78 is 0. The first kappa shape index (κ1) is 12.5. The average Bonchev–Trinajstić information content (AvgIpc) is 2.23. The molecule has 0 saturated carbocycles. The van der Waals surface area contributed by atoms with E-state index in [0.717, 1.165) is 0 Å². The normalized spacial score (nSPS) is 12.1. The number of anilines is 2. The lowest BCUT2D eigenvalue weighted by Gasteiger charge is -2.11. The van der Waals surface area contributed by atoms with Crippen molar-refractivity contribution in [1.82, 2.24) is 15.4 Å². The molecule has 1 aromatic rings. The first-order valence-corrected chi connectivity index (χ1v) is 5.52. The Bertz CT molecular complexity index is 365. The summed E-state index contributed by atoms with van der Waals surface area (Å²) in [6.45, 7) is 1.86. The van der Waals surface area contributed by atoms with Crippen molar-refractivity contribution in [1.29, 1.82) is 0 Å². The number of amides is 1. The molecule has 1 rings (SSSR count). The standard InChI is InChI=1S/C8H14N6OS/c1-2-4(7(15)14-11)16-8-12-5(9)3-6(10)13-8/h3-4H,2,11H2,1H3,(H,14,15)(H4,9,10,12,13). The van der Waals surface area contributed by atoms with Crippen LogP contribution in [0.3, 0.4) is 0 Å². The Kier molecular flexibility index (Phi) is 4.32. The molecule has 1 aromatic heterocycles. The topological polar surface area (TPSA) is 133 Å². The minimum atomic E-state index is -0.355. The van der Waals surface area contributed by atoms with Gasteiger partial charge in [0.15, 0.2) is 5.16 Å². The highest BCUT2D eigenvalue weighted by Gasteiger charge is 2.18. The fourth-order valence-electron chi connectivity index (χ4n) is 1.06. The molecule has 0 spiro atoms. The van der Waals surface area contributed by atoms with Crippen molar-refractivity contribution in [3.05, 3.63) is 6.07 Å². The van der Waals surface area contributed by atoms with E-state index in [1.54, 1.807) is 0 Å². The lowest BCUT2D eigenvalue weighted by Crippen LogP contribution is -2.37. The molecular formula is C8H14N6OS. The molecule has 7 nitrogen and oxygen atoms in total. The van der Waals surface area contributed by atoms with E-state index in [2.05, 4.69) is 15.4 Å². The van der Waals surface area contributed by atoms with Crippen molar-refractivity contribution in [2.24, 2.45) is 5.84 Å². The maximum atomic E-state index is 11.3. The summed E-state index contributed by atoms with van der Waals surface area (Å²) in [6, 6.07) is 1.45. The quantitative estimate of drug-likeness (QED) is 0.184. The van der Waals surface area contributed by atoms with Crippen LogP contribution < -0.4 is 22.7 Å². The third kappa shape index (κ3) is 3.24. The molecule has 1 atom stereocenters. The molecule has 0 radical (unpaired) electrons. The van der Waals surface area contributed by atoms with Crippen LogP contribution >= 0.6 is 11.8 Å². The van der Waals surface area contributed by atoms with Crippen molar-refractivity contribution >= 4 is 29.3 Å². The van der Waals surface area contributed by atoms with Gasteiger partial charge in [-0.1, -0.05) is 18.7 Å². The number of aromatic nitrogens is 2. The van der Waals surface area contributed by atoms with Gasteiger partial charge in [-0.05, 0) is 6.42 Å². The number of hydrazine groups is 1. The molecule has 0 aromatic carbocycles. The van der Waals surface area contributed by atoms with Crippen LogP contribution in [0, 0.1) is 0 Å². The maximum absolute atomic E-state index is 11.3. The largest absolute Gasteiger partial charge is 0.383 e. The van der Waals surface area contributed by atoms with Gasteiger partial charge in [0.25, 0.3) is 0 Å². The van der Waals surface area contributed by atoms with E-state index in [9.17, 15) is 4.79 Å². The van der Waals surface area contributed by atoms with E-state index >= 15 is 0 Å². The number of thioether (sulfide) groups is 1. The Morgan fingerprint density at radius 2 is 2.06 bits per heavy atom. The first-order valence-electron chi connectivity index (χ1n) is 4.64. The summed E-state index contributed by atoms with van der Waals surface area (Å²) in [5.74, 6) is 5.33. The summed E-state index contributed by atoms with van der Waals surface area (Å²) in [7, 11) is 0. The second-order valence-electron chi connectivity index (χ2n) is 3.02. The molecule has 0 aliphatic carbocycles. The van der Waals surface area contributed by atoms with Crippen molar-refractivity contribution in [2.45, 2.75) is 23.8 Å².